The Labute approximate surface area is 175 Å². The molecule has 0 aliphatic carbocycles. The number of rotatable bonds is 6. The summed E-state index contributed by atoms with van der Waals surface area (Å²) in [5.74, 6) is -1.39. The first kappa shape index (κ1) is 21.8. The van der Waals surface area contributed by atoms with Gasteiger partial charge >= 0.3 is 0 Å². The highest BCUT2D eigenvalue weighted by Gasteiger charge is 2.42. The van der Waals surface area contributed by atoms with Gasteiger partial charge in [-0.1, -0.05) is 30.7 Å². The molecule has 2 aromatic carbocycles. The lowest BCUT2D eigenvalue weighted by Gasteiger charge is -2.17. The van der Waals surface area contributed by atoms with Crippen LogP contribution in [0, 0.1) is 12.8 Å². The summed E-state index contributed by atoms with van der Waals surface area (Å²) >= 11 is 5.84. The summed E-state index contributed by atoms with van der Waals surface area (Å²) < 4.78 is 53.1. The monoisotopic (exact) mass is 456 g/mol. The number of nitrogens with one attached hydrogen (secondary N) is 1. The summed E-state index contributed by atoms with van der Waals surface area (Å²) in [6.45, 7) is 3.31. The molecule has 3 rings (SSSR count). The van der Waals surface area contributed by atoms with E-state index in [0.717, 1.165) is 9.87 Å². The lowest BCUT2D eigenvalue weighted by Crippen LogP contribution is -2.30. The Bertz CT molecular complexity index is 1150. The van der Waals surface area contributed by atoms with E-state index in [-0.39, 0.29) is 22.9 Å². The van der Waals surface area contributed by atoms with Gasteiger partial charge in [-0.05, 0) is 54.8 Å². The smallest absolute Gasteiger partial charge is 0.244 e. The maximum atomic E-state index is 12.6. The van der Waals surface area contributed by atoms with Gasteiger partial charge in [-0.2, -0.15) is 0 Å². The Morgan fingerprint density at radius 3 is 2.38 bits per heavy atom. The number of hydrogen-bond acceptors (Lipinski definition) is 5. The van der Waals surface area contributed by atoms with Crippen molar-refractivity contribution in [1.82, 2.24) is 4.72 Å². The minimum atomic E-state index is -3.79. The third kappa shape index (κ3) is 4.63. The highest BCUT2D eigenvalue weighted by atomic mass is 35.5. The fraction of sp³-hybridized carbons (Fsp3) is 0.316. The number of halogens is 1. The van der Waals surface area contributed by atoms with Gasteiger partial charge in [-0.3, -0.25) is 4.79 Å². The van der Waals surface area contributed by atoms with Crippen LogP contribution in [0.2, 0.25) is 5.02 Å². The Kier molecular flexibility index (Phi) is 6.05. The fourth-order valence-electron chi connectivity index (χ4n) is 3.21. The van der Waals surface area contributed by atoms with Crippen molar-refractivity contribution in [2.45, 2.75) is 25.2 Å². The third-order valence-corrected chi connectivity index (χ3v) is 8.40. The zero-order valence-electron chi connectivity index (χ0n) is 15.9. The molecule has 1 fully saturated rings. The number of hydrogen-bond donors (Lipinski definition) is 1. The van der Waals surface area contributed by atoms with Crippen LogP contribution >= 0.6 is 11.6 Å². The summed E-state index contributed by atoms with van der Waals surface area (Å²) in [4.78, 5) is 12.3. The molecule has 1 N–H and O–H groups in total. The van der Waals surface area contributed by atoms with E-state index in [9.17, 15) is 21.6 Å². The molecule has 10 heteroatoms. The minimum Gasteiger partial charge on any atom is -0.273 e. The number of sulfonamides is 2. The largest absolute Gasteiger partial charge is 0.273 e. The van der Waals surface area contributed by atoms with Crippen LogP contribution in [0.3, 0.4) is 0 Å². The van der Waals surface area contributed by atoms with Gasteiger partial charge in [-0.25, -0.2) is 25.9 Å². The number of anilines is 1. The number of benzene rings is 2. The van der Waals surface area contributed by atoms with Crippen LogP contribution in [0.4, 0.5) is 5.69 Å². The molecule has 0 spiro atoms. The van der Waals surface area contributed by atoms with E-state index in [2.05, 4.69) is 4.72 Å². The average molecular weight is 457 g/mol. The van der Waals surface area contributed by atoms with E-state index in [0.29, 0.717) is 17.0 Å². The van der Waals surface area contributed by atoms with Gasteiger partial charge < -0.3 is 0 Å². The molecule has 1 aliphatic heterocycles. The second-order valence-electron chi connectivity index (χ2n) is 7.01. The molecular weight excluding hydrogens is 436 g/mol. The molecule has 1 atom stereocenters. The molecule has 29 heavy (non-hydrogen) atoms. The third-order valence-electron chi connectivity index (χ3n) is 4.66. The molecule has 156 valence electrons. The van der Waals surface area contributed by atoms with Gasteiger partial charge in [0, 0.05) is 11.6 Å². The number of amides is 1. The lowest BCUT2D eigenvalue weighted by atomic mass is 10.2. The van der Waals surface area contributed by atoms with Crippen LogP contribution in [0.15, 0.2) is 47.4 Å². The van der Waals surface area contributed by atoms with Gasteiger partial charge in [-0.15, -0.1) is 0 Å². The van der Waals surface area contributed by atoms with Gasteiger partial charge in [0.15, 0.2) is 0 Å². The van der Waals surface area contributed by atoms with Crippen LogP contribution in [-0.4, -0.2) is 35.0 Å². The maximum Gasteiger partial charge on any atom is 0.244 e. The first-order valence-electron chi connectivity index (χ1n) is 8.93. The second-order valence-corrected chi connectivity index (χ2v) is 11.0. The van der Waals surface area contributed by atoms with E-state index in [1.165, 1.54) is 18.2 Å². The summed E-state index contributed by atoms with van der Waals surface area (Å²) in [6.07, 6.45) is 0.492. The van der Waals surface area contributed by atoms with Gasteiger partial charge in [0.1, 0.15) is 0 Å². The quantitative estimate of drug-likeness (QED) is 0.719. The number of carbonyl (C=O) groups excluding carboxylic acids is 1. The van der Waals surface area contributed by atoms with Crippen molar-refractivity contribution < 1.29 is 21.6 Å². The highest BCUT2D eigenvalue weighted by molar-refractivity contribution is 7.94. The molecular formula is C19H21ClN2O5S2. The van der Waals surface area contributed by atoms with E-state index >= 15 is 0 Å². The molecule has 1 amide bonds. The normalized spacial score (nSPS) is 18.9. The Balaban J connectivity index is 1.77. The van der Waals surface area contributed by atoms with Gasteiger partial charge in [0.05, 0.1) is 22.3 Å². The predicted octanol–water partition coefficient (Wildman–Crippen LogP) is 2.48. The number of aryl methyl sites for hydroxylation is 1. The van der Waals surface area contributed by atoms with Gasteiger partial charge in [0.25, 0.3) is 0 Å². The Morgan fingerprint density at radius 2 is 1.83 bits per heavy atom. The molecule has 1 heterocycles. The van der Waals surface area contributed by atoms with Crippen LogP contribution in [0.5, 0.6) is 0 Å². The van der Waals surface area contributed by atoms with Crippen molar-refractivity contribution in [1.29, 1.82) is 0 Å². The Hall–Kier alpha value is -1.94. The average Bonchev–Trinajstić information content (AvgIpc) is 2.83. The Morgan fingerprint density at radius 1 is 1.17 bits per heavy atom. The van der Waals surface area contributed by atoms with Crippen LogP contribution in [0.25, 0.3) is 0 Å². The van der Waals surface area contributed by atoms with Crippen molar-refractivity contribution in [3.8, 4) is 0 Å². The standard InChI is InChI=1S/C19H21ClN2O5S2/c1-13-11-17(22-19(23)14(2)12-28(22,24)25)7-8-18(13)29(26,27)21-10-9-15-3-5-16(20)6-4-15/h3-8,11,14,21H,9-10,12H2,1-2H3. The van der Waals surface area contributed by atoms with Crippen molar-refractivity contribution >= 4 is 43.2 Å². The zero-order valence-corrected chi connectivity index (χ0v) is 18.3. The van der Waals surface area contributed by atoms with Crippen molar-refractivity contribution in [2.24, 2.45) is 5.92 Å². The second kappa shape index (κ2) is 8.06. The molecule has 0 saturated carbocycles. The number of nitrogens with zero attached hydrogens (tertiary/aromatic N) is 1. The first-order valence-corrected chi connectivity index (χ1v) is 12.4. The topological polar surface area (TPSA) is 101 Å². The first-order chi connectivity index (χ1) is 13.5. The summed E-state index contributed by atoms with van der Waals surface area (Å²) in [5.41, 5.74) is 1.44. The summed E-state index contributed by atoms with van der Waals surface area (Å²) in [7, 11) is -7.53. The lowest BCUT2D eigenvalue weighted by molar-refractivity contribution is -0.119. The van der Waals surface area contributed by atoms with E-state index in [1.807, 2.05) is 12.1 Å². The number of carbonyl (C=O) groups is 1. The summed E-state index contributed by atoms with van der Waals surface area (Å²) in [5, 5.41) is 0.609. The van der Waals surface area contributed by atoms with Crippen LogP contribution in [-0.2, 0) is 31.3 Å². The molecule has 2 aromatic rings. The maximum absolute atomic E-state index is 12.6. The predicted molar refractivity (Wildman–Crippen MR) is 112 cm³/mol. The van der Waals surface area contributed by atoms with Crippen LogP contribution < -0.4 is 9.03 Å². The molecule has 0 aromatic heterocycles. The van der Waals surface area contributed by atoms with Crippen molar-refractivity contribution in [2.75, 3.05) is 16.6 Å². The molecule has 1 unspecified atom stereocenters. The van der Waals surface area contributed by atoms with Crippen molar-refractivity contribution in [3.05, 3.63) is 58.6 Å². The highest BCUT2D eigenvalue weighted by Crippen LogP contribution is 2.30. The van der Waals surface area contributed by atoms with E-state index < -0.39 is 31.9 Å². The van der Waals surface area contributed by atoms with E-state index in [1.54, 1.807) is 26.0 Å². The SMILES string of the molecule is Cc1cc(N2C(=O)C(C)CS2(=O)=O)ccc1S(=O)(=O)NCCc1ccc(Cl)cc1. The van der Waals surface area contributed by atoms with E-state index in [4.69, 9.17) is 11.6 Å². The summed E-state index contributed by atoms with van der Waals surface area (Å²) in [6, 6.07) is 11.2. The van der Waals surface area contributed by atoms with Gasteiger partial charge in [0.2, 0.25) is 26.0 Å². The molecule has 7 nitrogen and oxygen atoms in total. The molecule has 1 saturated heterocycles. The minimum absolute atomic E-state index is 0.0365. The van der Waals surface area contributed by atoms with Crippen molar-refractivity contribution in [3.63, 3.8) is 0 Å². The molecule has 1 aliphatic rings. The van der Waals surface area contributed by atoms with Crippen LogP contribution in [0.1, 0.15) is 18.1 Å². The molecule has 0 bridgehead atoms. The fourth-order valence-corrected chi connectivity index (χ4v) is 6.40. The zero-order chi connectivity index (χ0) is 21.4. The molecule has 0 radical (unpaired) electrons.